The van der Waals surface area contributed by atoms with E-state index in [1.54, 1.807) is 5.48 Å². The molecule has 1 fully saturated rings. The van der Waals surface area contributed by atoms with Gasteiger partial charge in [0.15, 0.2) is 12.0 Å². The minimum Gasteiger partial charge on any atom is -0.790 e. The molecule has 172 valence electrons. The Morgan fingerprint density at radius 3 is 2.06 bits per heavy atom. The molecule has 0 aliphatic carbocycles. The van der Waals surface area contributed by atoms with Crippen molar-refractivity contribution >= 4 is 29.3 Å². The Hall–Kier alpha value is 2.93. The molecule has 4 N–H and O–H groups in total. The van der Waals surface area contributed by atoms with E-state index in [1.807, 2.05) is 0 Å². The molecule has 25 heteroatoms. The largest absolute Gasteiger partial charge is 1.00 e. The Labute approximate surface area is 279 Å². The molecule has 0 spiro atoms. The van der Waals surface area contributed by atoms with E-state index in [4.69, 9.17) is 9.94 Å². The van der Waals surface area contributed by atoms with Crippen LogP contribution in [0.4, 0.5) is 5.82 Å². The molecule has 1 aliphatic rings. The number of nitrogens with zero attached hydrogens (tertiary/aromatic N) is 2. The molecule has 2 heterocycles. The molecule has 0 aromatic carbocycles. The first-order valence-corrected chi connectivity index (χ1v) is 11.7. The molecule has 1 saturated heterocycles. The number of aliphatic hydroxyl groups is 2. The Morgan fingerprint density at radius 1 is 1.03 bits per heavy atom. The zero-order valence-electron chi connectivity index (χ0n) is 18.1. The van der Waals surface area contributed by atoms with Gasteiger partial charge in [-0.3, -0.25) is 28.7 Å². The van der Waals surface area contributed by atoms with Gasteiger partial charge in [-0.15, -0.1) is 0 Å². The van der Waals surface area contributed by atoms with Crippen molar-refractivity contribution in [2.75, 3.05) is 12.1 Å². The molecule has 2 rings (SSSR count). The molecular weight excluding hydrogens is 575 g/mol. The number of phosphoric ester groups is 1. The topological polar surface area (TPSA) is 288 Å². The van der Waals surface area contributed by atoms with E-state index in [0.717, 1.165) is 12.3 Å². The van der Waals surface area contributed by atoms with Crippen molar-refractivity contribution in [3.8, 4) is 0 Å². The molecule has 2 unspecified atom stereocenters. The van der Waals surface area contributed by atoms with Gasteiger partial charge >= 0.3 is 124 Å². The molecule has 6 atom stereocenters. The van der Waals surface area contributed by atoms with Crippen molar-refractivity contribution in [2.24, 2.45) is 0 Å². The molecule has 0 bridgehead atoms. The van der Waals surface area contributed by atoms with Gasteiger partial charge in [-0.2, -0.15) is 4.98 Å². The molecule has 18 nitrogen and oxygen atoms in total. The number of aliphatic hydroxyl groups excluding tert-OH is 2. The minimum absolute atomic E-state index is 0. The first kappa shape index (κ1) is 41.4. The summed E-state index contributed by atoms with van der Waals surface area (Å²) in [6, 6.07) is 1.09. The Balaban J connectivity index is -0.00000240. The fourth-order valence-electron chi connectivity index (χ4n) is 2.21. The first-order valence-electron chi connectivity index (χ1n) is 7.36. The summed E-state index contributed by atoms with van der Waals surface area (Å²) in [6.45, 7) is -1.17. The number of hydrogen-bond acceptors (Lipinski definition) is 17. The van der Waals surface area contributed by atoms with Crippen LogP contribution in [-0.2, 0) is 31.6 Å². The molecule has 1 aromatic heterocycles. The number of rotatable bonds is 9. The molecule has 0 amide bonds. The molecule has 1 aromatic rings. The summed E-state index contributed by atoms with van der Waals surface area (Å²) in [4.78, 5) is 58.3. The number of hydrogen-bond donors (Lipinski definition) is 4. The van der Waals surface area contributed by atoms with Crippen molar-refractivity contribution in [2.45, 2.75) is 24.5 Å². The van der Waals surface area contributed by atoms with E-state index in [-0.39, 0.29) is 124 Å². The maximum atomic E-state index is 11.9. The average molecular weight is 587 g/mol. The number of phosphoric acid groups is 3. The normalized spacial score (nSPS) is 25.3. The zero-order chi connectivity index (χ0) is 22.9. The van der Waals surface area contributed by atoms with Crippen molar-refractivity contribution in [1.82, 2.24) is 9.55 Å². The van der Waals surface area contributed by atoms with Crippen LogP contribution in [0.1, 0.15) is 6.23 Å². The van der Waals surface area contributed by atoms with Crippen LogP contribution in [0, 0.1) is 0 Å². The van der Waals surface area contributed by atoms with Crippen LogP contribution >= 0.6 is 23.5 Å². The number of ether oxygens (including phenoxy) is 1. The van der Waals surface area contributed by atoms with E-state index in [0.29, 0.717) is 4.57 Å². The van der Waals surface area contributed by atoms with Gasteiger partial charge in [0.1, 0.15) is 18.3 Å². The summed E-state index contributed by atoms with van der Waals surface area (Å²) in [6.07, 6.45) is -5.89. The predicted molar refractivity (Wildman–Crippen MR) is 80.8 cm³/mol. The van der Waals surface area contributed by atoms with Crippen molar-refractivity contribution in [3.05, 3.63) is 22.7 Å². The maximum Gasteiger partial charge on any atom is 1.00 e. The van der Waals surface area contributed by atoms with Crippen LogP contribution in [0.2, 0.25) is 0 Å². The van der Waals surface area contributed by atoms with Gasteiger partial charge in [0.2, 0.25) is 0 Å². The smallest absolute Gasteiger partial charge is 0.790 e. The van der Waals surface area contributed by atoms with Gasteiger partial charge in [0, 0.05) is 6.20 Å². The maximum absolute atomic E-state index is 11.9. The Kier molecular flexibility index (Phi) is 20.6. The van der Waals surface area contributed by atoms with E-state index >= 15 is 0 Å². The summed E-state index contributed by atoms with van der Waals surface area (Å²) in [5, 5.41) is 28.6. The third-order valence-corrected chi connectivity index (χ3v) is 7.02. The fraction of sp³-hybridized carbons (Fsp3) is 0.556. The van der Waals surface area contributed by atoms with E-state index in [2.05, 4.69) is 18.1 Å². The van der Waals surface area contributed by atoms with Gasteiger partial charge in [-0.25, -0.2) is 9.11 Å². The van der Waals surface area contributed by atoms with E-state index in [9.17, 15) is 48.3 Å². The second kappa shape index (κ2) is 16.9. The van der Waals surface area contributed by atoms with Gasteiger partial charge in [0.05, 0.1) is 14.4 Å². The summed E-state index contributed by atoms with van der Waals surface area (Å²) in [7, 11) is -18.2. The van der Waals surface area contributed by atoms with Crippen molar-refractivity contribution in [1.29, 1.82) is 0 Å². The average Bonchev–Trinajstić information content (AvgIpc) is 2.85. The molecule has 0 radical (unpaired) electrons. The summed E-state index contributed by atoms with van der Waals surface area (Å²) in [5.74, 6) is -0.251. The molecule has 0 saturated carbocycles. The first-order chi connectivity index (χ1) is 13.6. The summed E-state index contributed by atoms with van der Waals surface area (Å²) >= 11 is 0. The number of nitrogens with one attached hydrogen (secondary N) is 1. The monoisotopic (exact) mass is 587 g/mol. The third-order valence-electron chi connectivity index (χ3n) is 3.35. The van der Waals surface area contributed by atoms with E-state index < -0.39 is 60.3 Å². The second-order valence-corrected chi connectivity index (χ2v) is 9.71. The van der Waals surface area contributed by atoms with Crippen molar-refractivity contribution in [3.63, 3.8) is 0 Å². The van der Waals surface area contributed by atoms with Crippen LogP contribution in [-0.4, -0.2) is 49.9 Å². The van der Waals surface area contributed by atoms with Crippen molar-refractivity contribution < 1.29 is 185 Å². The summed E-state index contributed by atoms with van der Waals surface area (Å²) in [5.41, 5.74) is 0.544. The predicted octanol–water partition coefficient (Wildman–Crippen LogP) is -16.5. The molecular formula is C9H12N3Na4O15P3. The SMILES string of the molecule is O=c1nc(NO)ccn1[C@@H]1O[C@H](COP(=O)([O-])OP(=O)([O-])OP(=O)([O-])[O-])[C@@H](O)[C@H]1O.[Na+].[Na+].[Na+].[Na+]. The Bertz CT molecular complexity index is 980. The minimum atomic E-state index is -6.17. The van der Waals surface area contributed by atoms with Crippen LogP contribution in [0.3, 0.4) is 0 Å². The molecule has 1 aliphatic heterocycles. The quantitative estimate of drug-likeness (QED) is 0.118. The third kappa shape index (κ3) is 12.9. The fourth-order valence-corrected chi connectivity index (χ4v) is 5.08. The van der Waals surface area contributed by atoms with Crippen LogP contribution in [0.15, 0.2) is 17.1 Å². The molecule has 34 heavy (non-hydrogen) atoms. The van der Waals surface area contributed by atoms with Crippen LogP contribution in [0.25, 0.3) is 0 Å². The standard InChI is InChI=1S/C9H16N3O15P3.4Na/c13-6-4(3-24-29(20,21)27-30(22,23)26-28(17,18)19)25-8(7(6)14)12-2-1-5(11-16)10-9(12)15;;;;/h1-2,4,6-8,13-14,16H,3H2,(H,20,21)(H,22,23)(H,10,11,15)(H2,17,18,19);;;;/q;4*+1/p-4/t4-,6-,7-,8-;;;;/m1..../s1. The summed E-state index contributed by atoms with van der Waals surface area (Å²) < 4.78 is 49.1. The zero-order valence-corrected chi connectivity index (χ0v) is 28.8. The van der Waals surface area contributed by atoms with Gasteiger partial charge in [-0.1, -0.05) is 0 Å². The van der Waals surface area contributed by atoms with Gasteiger partial charge in [0.25, 0.3) is 15.6 Å². The van der Waals surface area contributed by atoms with Gasteiger partial charge < -0.3 is 43.6 Å². The van der Waals surface area contributed by atoms with E-state index in [1.165, 1.54) is 0 Å². The Morgan fingerprint density at radius 2 is 1.59 bits per heavy atom. The second-order valence-electron chi connectivity index (χ2n) is 5.46. The van der Waals surface area contributed by atoms with Gasteiger partial charge in [-0.05, 0) is 6.07 Å². The number of aromatic nitrogens is 2. The number of anilines is 1. The van der Waals surface area contributed by atoms with Crippen LogP contribution in [0.5, 0.6) is 0 Å². The van der Waals surface area contributed by atoms with Crippen LogP contribution < -0.4 is 149 Å².